The first kappa shape index (κ1) is 18.7. The third-order valence-electron chi connectivity index (χ3n) is 3.44. The van der Waals surface area contributed by atoms with Crippen LogP contribution in [0.15, 0.2) is 17.2 Å². The average Bonchev–Trinajstić information content (AvgIpc) is 2.79. The Kier molecular flexibility index (Phi) is 5.77. The number of aryl methyl sites for hydroxylation is 1. The van der Waals surface area contributed by atoms with E-state index in [0.29, 0.717) is 12.3 Å². The van der Waals surface area contributed by atoms with Crippen molar-refractivity contribution in [3.8, 4) is 0 Å². The minimum atomic E-state index is -3.75. The first-order valence-corrected chi connectivity index (χ1v) is 8.65. The maximum atomic E-state index is 12.6. The summed E-state index contributed by atoms with van der Waals surface area (Å²) in [7, 11) is -0.629. The molecule has 1 amide bonds. The van der Waals surface area contributed by atoms with Crippen molar-refractivity contribution in [2.45, 2.75) is 37.6 Å². The Morgan fingerprint density at radius 3 is 2.50 bits per heavy atom. The number of nitrogens with two attached hydrogens (primary N) is 1. The van der Waals surface area contributed by atoms with Crippen LogP contribution in [-0.2, 0) is 17.1 Å². The summed E-state index contributed by atoms with van der Waals surface area (Å²) in [5, 5.41) is 2.48. The van der Waals surface area contributed by atoms with Crippen LogP contribution in [0.25, 0.3) is 0 Å². The number of carbonyl (C=O) groups excluding carboxylic acids is 1. The molecule has 0 saturated carbocycles. The van der Waals surface area contributed by atoms with Gasteiger partial charge in [0.15, 0.2) is 0 Å². The molecule has 8 heteroatoms. The number of aromatic nitrogens is 1. The zero-order chi connectivity index (χ0) is 17.1. The number of nitrogens with zero attached hydrogens (tertiary/aromatic N) is 1. The second kappa shape index (κ2) is 6.80. The van der Waals surface area contributed by atoms with Crippen molar-refractivity contribution >= 4 is 15.9 Å². The molecule has 0 spiro atoms. The van der Waals surface area contributed by atoms with Gasteiger partial charge >= 0.3 is 0 Å². The van der Waals surface area contributed by atoms with Crippen LogP contribution < -0.4 is 15.8 Å². The first-order chi connectivity index (χ1) is 10.0. The standard InChI is InChI=1S/C14H26N4O3S/c1-10(2)7-14(3,9-15)17-22(20,21)11-6-12(13(19)16-4)18(5)8-11/h6,8,10,17H,7,9,15H2,1-5H3,(H,16,19). The van der Waals surface area contributed by atoms with Gasteiger partial charge in [0.1, 0.15) is 10.6 Å². The van der Waals surface area contributed by atoms with Crippen LogP contribution in [0.3, 0.4) is 0 Å². The molecular formula is C14H26N4O3S. The second-order valence-corrected chi connectivity index (χ2v) is 7.90. The number of hydrogen-bond donors (Lipinski definition) is 3. The maximum absolute atomic E-state index is 12.6. The summed E-state index contributed by atoms with van der Waals surface area (Å²) in [4.78, 5) is 11.7. The van der Waals surface area contributed by atoms with Gasteiger partial charge < -0.3 is 15.6 Å². The Morgan fingerprint density at radius 2 is 2.05 bits per heavy atom. The van der Waals surface area contributed by atoms with E-state index in [0.717, 1.165) is 0 Å². The van der Waals surface area contributed by atoms with Gasteiger partial charge in [0, 0.05) is 32.4 Å². The van der Waals surface area contributed by atoms with Gasteiger partial charge in [-0.25, -0.2) is 13.1 Å². The number of carbonyl (C=O) groups is 1. The fraction of sp³-hybridized carbons (Fsp3) is 0.643. The molecular weight excluding hydrogens is 304 g/mol. The molecule has 7 nitrogen and oxygen atoms in total. The van der Waals surface area contributed by atoms with Crippen molar-refractivity contribution < 1.29 is 13.2 Å². The molecule has 0 aliphatic heterocycles. The van der Waals surface area contributed by atoms with Gasteiger partial charge in [-0.05, 0) is 25.3 Å². The molecule has 1 rings (SSSR count). The van der Waals surface area contributed by atoms with Gasteiger partial charge in [0.25, 0.3) is 5.91 Å². The molecule has 0 aliphatic carbocycles. The van der Waals surface area contributed by atoms with Crippen molar-refractivity contribution in [3.63, 3.8) is 0 Å². The lowest BCUT2D eigenvalue weighted by atomic mass is 9.92. The van der Waals surface area contributed by atoms with Crippen molar-refractivity contribution in [2.75, 3.05) is 13.6 Å². The van der Waals surface area contributed by atoms with E-state index in [4.69, 9.17) is 5.73 Å². The molecule has 1 heterocycles. The van der Waals surface area contributed by atoms with Gasteiger partial charge in [-0.2, -0.15) is 0 Å². The SMILES string of the molecule is CNC(=O)c1cc(S(=O)(=O)NC(C)(CN)CC(C)C)cn1C. The van der Waals surface area contributed by atoms with Crippen LogP contribution in [0.2, 0.25) is 0 Å². The van der Waals surface area contributed by atoms with E-state index in [2.05, 4.69) is 10.0 Å². The quantitative estimate of drug-likeness (QED) is 0.674. The lowest BCUT2D eigenvalue weighted by molar-refractivity contribution is 0.0955. The molecule has 1 atom stereocenters. The van der Waals surface area contributed by atoms with Crippen LogP contribution in [0, 0.1) is 5.92 Å². The molecule has 1 aromatic rings. The van der Waals surface area contributed by atoms with Gasteiger partial charge in [-0.1, -0.05) is 13.8 Å². The molecule has 0 aliphatic rings. The third-order valence-corrected chi connectivity index (χ3v) is 5.05. The van der Waals surface area contributed by atoms with E-state index in [9.17, 15) is 13.2 Å². The molecule has 0 bridgehead atoms. The van der Waals surface area contributed by atoms with Crippen molar-refractivity contribution in [3.05, 3.63) is 18.0 Å². The summed E-state index contributed by atoms with van der Waals surface area (Å²) >= 11 is 0. The summed E-state index contributed by atoms with van der Waals surface area (Å²) < 4.78 is 29.3. The maximum Gasteiger partial charge on any atom is 0.267 e. The third kappa shape index (κ3) is 4.31. The zero-order valence-electron chi connectivity index (χ0n) is 13.8. The highest BCUT2D eigenvalue weighted by molar-refractivity contribution is 7.89. The molecule has 0 radical (unpaired) electrons. The van der Waals surface area contributed by atoms with Crippen LogP contribution >= 0.6 is 0 Å². The Morgan fingerprint density at radius 1 is 1.45 bits per heavy atom. The Balaban J connectivity index is 3.12. The van der Waals surface area contributed by atoms with Gasteiger partial charge in [-0.3, -0.25) is 4.79 Å². The smallest absolute Gasteiger partial charge is 0.267 e. The van der Waals surface area contributed by atoms with Gasteiger partial charge in [0.05, 0.1) is 0 Å². The lowest BCUT2D eigenvalue weighted by Crippen LogP contribution is -2.51. The summed E-state index contributed by atoms with van der Waals surface area (Å²) in [6, 6.07) is 1.35. The van der Waals surface area contributed by atoms with E-state index in [1.807, 2.05) is 13.8 Å². The zero-order valence-corrected chi connectivity index (χ0v) is 14.6. The molecule has 0 aromatic carbocycles. The summed E-state index contributed by atoms with van der Waals surface area (Å²) in [6.07, 6.45) is 2.04. The Hall–Kier alpha value is -1.38. The van der Waals surface area contributed by atoms with Gasteiger partial charge in [0.2, 0.25) is 10.0 Å². The predicted octanol–water partition coefficient (Wildman–Crippen LogP) is 0.427. The highest BCUT2D eigenvalue weighted by Crippen LogP contribution is 2.20. The highest BCUT2D eigenvalue weighted by Gasteiger charge is 2.31. The molecule has 0 saturated heterocycles. The van der Waals surface area contributed by atoms with Gasteiger partial charge in [-0.15, -0.1) is 0 Å². The van der Waals surface area contributed by atoms with E-state index in [1.54, 1.807) is 14.0 Å². The minimum absolute atomic E-state index is 0.0528. The summed E-state index contributed by atoms with van der Waals surface area (Å²) in [5.74, 6) is -0.0406. The topological polar surface area (TPSA) is 106 Å². The second-order valence-electron chi connectivity index (χ2n) is 6.22. The monoisotopic (exact) mass is 330 g/mol. The van der Waals surface area contributed by atoms with Crippen LogP contribution in [0.5, 0.6) is 0 Å². The van der Waals surface area contributed by atoms with Crippen molar-refractivity contribution in [1.82, 2.24) is 14.6 Å². The van der Waals surface area contributed by atoms with Crippen molar-refractivity contribution in [2.24, 2.45) is 18.7 Å². The molecule has 4 N–H and O–H groups in total. The highest BCUT2D eigenvalue weighted by atomic mass is 32.2. The molecule has 126 valence electrons. The average molecular weight is 330 g/mol. The Labute approximate surface area is 132 Å². The Bertz CT molecular complexity index is 637. The van der Waals surface area contributed by atoms with Crippen molar-refractivity contribution in [1.29, 1.82) is 0 Å². The summed E-state index contributed by atoms with van der Waals surface area (Å²) in [6.45, 7) is 6.00. The molecule has 1 unspecified atom stereocenters. The largest absolute Gasteiger partial charge is 0.354 e. The normalized spacial score (nSPS) is 14.9. The van der Waals surface area contributed by atoms with Crippen LogP contribution in [0.4, 0.5) is 0 Å². The van der Waals surface area contributed by atoms with Crippen LogP contribution in [-0.4, -0.2) is 38.0 Å². The molecule has 22 heavy (non-hydrogen) atoms. The number of amides is 1. The number of rotatable bonds is 7. The fourth-order valence-corrected chi connectivity index (χ4v) is 3.98. The van der Waals surface area contributed by atoms with E-state index in [-0.39, 0.29) is 23.0 Å². The molecule has 0 fully saturated rings. The first-order valence-electron chi connectivity index (χ1n) is 7.17. The van der Waals surface area contributed by atoms with E-state index >= 15 is 0 Å². The van der Waals surface area contributed by atoms with E-state index in [1.165, 1.54) is 23.9 Å². The fourth-order valence-electron chi connectivity index (χ4n) is 2.49. The van der Waals surface area contributed by atoms with Crippen LogP contribution in [0.1, 0.15) is 37.7 Å². The predicted molar refractivity (Wildman–Crippen MR) is 86.0 cm³/mol. The number of nitrogens with one attached hydrogen (secondary N) is 2. The lowest BCUT2D eigenvalue weighted by Gasteiger charge is -2.30. The summed E-state index contributed by atoms with van der Waals surface area (Å²) in [5.41, 5.74) is 5.30. The minimum Gasteiger partial charge on any atom is -0.354 e. The number of hydrogen-bond acceptors (Lipinski definition) is 4. The molecule has 1 aromatic heterocycles. The number of sulfonamides is 1. The van der Waals surface area contributed by atoms with E-state index < -0.39 is 15.6 Å².